The van der Waals surface area contributed by atoms with Crippen LogP contribution < -0.4 is 0 Å². The number of carboxylic acids is 1. The van der Waals surface area contributed by atoms with E-state index in [2.05, 4.69) is 21.2 Å². The number of benzene rings is 2. The first kappa shape index (κ1) is 19.3. The molecule has 1 heterocycles. The van der Waals surface area contributed by atoms with E-state index >= 15 is 0 Å². The van der Waals surface area contributed by atoms with Crippen LogP contribution in [0.2, 0.25) is 0 Å². The number of hydrogen-bond donors (Lipinski definition) is 1. The summed E-state index contributed by atoms with van der Waals surface area (Å²) in [7, 11) is -2.87. The van der Waals surface area contributed by atoms with Gasteiger partial charge in [0.05, 0.1) is 25.9 Å². The van der Waals surface area contributed by atoms with Gasteiger partial charge in [0.2, 0.25) is 0 Å². The van der Waals surface area contributed by atoms with E-state index < -0.39 is 21.5 Å². The Bertz CT molecular complexity index is 1220. The van der Waals surface area contributed by atoms with Crippen LogP contribution in [-0.2, 0) is 9.73 Å². The smallest absolute Gasteiger partial charge is 0.354 e. The Labute approximate surface area is 162 Å². The van der Waals surface area contributed by atoms with Crippen molar-refractivity contribution in [2.24, 2.45) is 4.36 Å². The van der Waals surface area contributed by atoms with Gasteiger partial charge in [-0.05, 0) is 42.5 Å². The lowest BCUT2D eigenvalue weighted by molar-refractivity contribution is 0.0690. The average Bonchev–Trinajstić information content (AvgIpc) is 2.67. The molecular formula is C21H15FN2O3S. The third-order valence-electron chi connectivity index (χ3n) is 3.73. The molecule has 0 fully saturated rings. The average molecular weight is 394 g/mol. The summed E-state index contributed by atoms with van der Waals surface area (Å²) in [6.07, 6.45) is 2.81. The lowest BCUT2D eigenvalue weighted by atomic mass is 10.1. The minimum Gasteiger partial charge on any atom is -0.477 e. The van der Waals surface area contributed by atoms with Gasteiger partial charge in [-0.15, -0.1) is 0 Å². The molecule has 1 N–H and O–H groups in total. The predicted molar refractivity (Wildman–Crippen MR) is 104 cm³/mol. The van der Waals surface area contributed by atoms with E-state index in [1.165, 1.54) is 36.7 Å². The van der Waals surface area contributed by atoms with Gasteiger partial charge in [-0.3, -0.25) is 0 Å². The number of halogens is 1. The second-order valence-corrected chi connectivity index (χ2v) is 8.11. The van der Waals surface area contributed by atoms with E-state index in [1.54, 1.807) is 36.4 Å². The molecule has 5 nitrogen and oxygen atoms in total. The van der Waals surface area contributed by atoms with Crippen LogP contribution in [0, 0.1) is 17.7 Å². The molecular weight excluding hydrogens is 379 g/mol. The van der Waals surface area contributed by atoms with E-state index in [0.29, 0.717) is 21.7 Å². The zero-order valence-corrected chi connectivity index (χ0v) is 15.6. The zero-order chi connectivity index (χ0) is 20.1. The van der Waals surface area contributed by atoms with E-state index in [-0.39, 0.29) is 5.69 Å². The van der Waals surface area contributed by atoms with Crippen molar-refractivity contribution in [2.45, 2.75) is 4.90 Å². The molecule has 0 aliphatic rings. The van der Waals surface area contributed by atoms with Gasteiger partial charge in [0.25, 0.3) is 0 Å². The number of aromatic carboxylic acids is 1. The molecule has 0 aliphatic carbocycles. The summed E-state index contributed by atoms with van der Waals surface area (Å²) in [6.45, 7) is 0. The van der Waals surface area contributed by atoms with Gasteiger partial charge >= 0.3 is 5.97 Å². The molecule has 3 rings (SSSR count). The van der Waals surface area contributed by atoms with Crippen LogP contribution in [0.4, 0.5) is 10.1 Å². The topological polar surface area (TPSA) is 79.6 Å². The van der Waals surface area contributed by atoms with Gasteiger partial charge in [-0.25, -0.2) is 18.4 Å². The third-order valence-corrected chi connectivity index (χ3v) is 5.41. The Hall–Kier alpha value is -3.50. The lowest BCUT2D eigenvalue weighted by Crippen LogP contribution is -1.99. The van der Waals surface area contributed by atoms with Crippen molar-refractivity contribution in [3.8, 4) is 11.8 Å². The fourth-order valence-corrected chi connectivity index (χ4v) is 3.64. The van der Waals surface area contributed by atoms with Crippen LogP contribution in [0.1, 0.15) is 21.6 Å². The third kappa shape index (κ3) is 4.61. The molecule has 140 valence electrons. The van der Waals surface area contributed by atoms with Crippen molar-refractivity contribution in [2.75, 3.05) is 6.26 Å². The summed E-state index contributed by atoms with van der Waals surface area (Å²) in [5, 5.41) is 8.88. The fraction of sp³-hybridized carbons (Fsp3) is 0.0476. The van der Waals surface area contributed by atoms with Gasteiger partial charge in [-0.2, -0.15) is 4.36 Å². The maximum absolute atomic E-state index is 13.5. The molecule has 0 bridgehead atoms. The Morgan fingerprint density at radius 1 is 1.11 bits per heavy atom. The highest BCUT2D eigenvalue weighted by molar-refractivity contribution is 7.93. The summed E-state index contributed by atoms with van der Waals surface area (Å²) in [5.41, 5.74) is 1.42. The van der Waals surface area contributed by atoms with E-state index in [4.69, 9.17) is 5.11 Å². The predicted octanol–water partition coefficient (Wildman–Crippen LogP) is 4.11. The monoisotopic (exact) mass is 394 g/mol. The first-order chi connectivity index (χ1) is 13.3. The molecule has 0 saturated heterocycles. The number of pyridine rings is 1. The van der Waals surface area contributed by atoms with Crippen molar-refractivity contribution in [1.29, 1.82) is 0 Å². The van der Waals surface area contributed by atoms with Gasteiger partial charge in [0.1, 0.15) is 11.5 Å². The zero-order valence-electron chi connectivity index (χ0n) is 14.8. The molecule has 3 aromatic rings. The van der Waals surface area contributed by atoms with Crippen molar-refractivity contribution >= 4 is 21.4 Å². The minimum absolute atomic E-state index is 0.0678. The Kier molecular flexibility index (Phi) is 5.52. The molecule has 0 spiro atoms. The number of carboxylic acid groups (broad SMARTS) is 1. The molecule has 0 saturated carbocycles. The number of carbonyl (C=O) groups is 1. The molecule has 1 aromatic heterocycles. The van der Waals surface area contributed by atoms with Crippen LogP contribution >= 0.6 is 0 Å². The quantitative estimate of drug-likeness (QED) is 0.678. The fourth-order valence-electron chi connectivity index (χ4n) is 2.34. The van der Waals surface area contributed by atoms with E-state index in [9.17, 15) is 13.4 Å². The molecule has 1 unspecified atom stereocenters. The highest BCUT2D eigenvalue weighted by Crippen LogP contribution is 2.23. The molecule has 1 atom stereocenters. The maximum atomic E-state index is 13.5. The lowest BCUT2D eigenvalue weighted by Gasteiger charge is -2.06. The first-order valence-corrected chi connectivity index (χ1v) is 10.1. The van der Waals surface area contributed by atoms with E-state index in [1.807, 2.05) is 0 Å². The van der Waals surface area contributed by atoms with Crippen molar-refractivity contribution in [3.05, 3.63) is 89.5 Å². The largest absolute Gasteiger partial charge is 0.477 e. The van der Waals surface area contributed by atoms with Gasteiger partial charge < -0.3 is 5.11 Å². The molecule has 28 heavy (non-hydrogen) atoms. The van der Waals surface area contributed by atoms with Gasteiger partial charge in [-0.1, -0.05) is 30.0 Å². The minimum atomic E-state index is -2.87. The highest BCUT2D eigenvalue weighted by Gasteiger charge is 2.09. The molecule has 0 amide bonds. The summed E-state index contributed by atoms with van der Waals surface area (Å²) < 4.78 is 30.8. The summed E-state index contributed by atoms with van der Waals surface area (Å²) in [5.74, 6) is 4.23. The second-order valence-electron chi connectivity index (χ2n) is 5.86. The number of aromatic nitrogens is 1. The first-order valence-electron chi connectivity index (χ1n) is 8.13. The SMILES string of the molecule is CS(=O)(=Nc1ccccc1C#Cc1ccc(C(=O)O)nc1)c1cccc(F)c1. The van der Waals surface area contributed by atoms with Crippen LogP contribution in [0.3, 0.4) is 0 Å². The Morgan fingerprint density at radius 2 is 1.89 bits per heavy atom. The van der Waals surface area contributed by atoms with Crippen LogP contribution in [0.5, 0.6) is 0 Å². The van der Waals surface area contributed by atoms with E-state index in [0.717, 1.165) is 0 Å². The van der Waals surface area contributed by atoms with Crippen LogP contribution in [0.15, 0.2) is 76.1 Å². The number of rotatable bonds is 3. The van der Waals surface area contributed by atoms with Gasteiger partial charge in [0.15, 0.2) is 0 Å². The number of nitrogens with zero attached hydrogens (tertiary/aromatic N) is 2. The Morgan fingerprint density at radius 3 is 2.57 bits per heavy atom. The van der Waals surface area contributed by atoms with Crippen LogP contribution in [0.25, 0.3) is 0 Å². The Balaban J connectivity index is 1.99. The highest BCUT2D eigenvalue weighted by atomic mass is 32.2. The van der Waals surface area contributed by atoms with Crippen molar-refractivity contribution in [3.63, 3.8) is 0 Å². The standard InChI is InChI=1S/C21H15FN2O3S/c1-28(27,18-7-4-6-17(22)13-18)24-19-8-3-2-5-16(19)11-9-15-10-12-20(21(25)26)23-14-15/h2-8,10,12-14H,1H3,(H,25,26). The van der Waals surface area contributed by atoms with Crippen LogP contribution in [-0.4, -0.2) is 26.5 Å². The van der Waals surface area contributed by atoms with Crippen molar-refractivity contribution in [1.82, 2.24) is 4.98 Å². The maximum Gasteiger partial charge on any atom is 0.354 e. The summed E-state index contributed by atoms with van der Waals surface area (Å²) >= 11 is 0. The molecule has 0 aliphatic heterocycles. The molecule has 2 aromatic carbocycles. The second kappa shape index (κ2) is 8.03. The number of hydrogen-bond acceptors (Lipinski definition) is 4. The van der Waals surface area contributed by atoms with Crippen molar-refractivity contribution < 1.29 is 18.5 Å². The normalized spacial score (nSPS) is 12.4. The van der Waals surface area contributed by atoms with Gasteiger partial charge in [0, 0.05) is 18.0 Å². The molecule has 7 heteroatoms. The molecule has 0 radical (unpaired) electrons. The summed E-state index contributed by atoms with van der Waals surface area (Å²) in [6, 6.07) is 15.4. The summed E-state index contributed by atoms with van der Waals surface area (Å²) in [4.78, 5) is 15.0.